The third kappa shape index (κ3) is 38.3. The molecule has 0 atom stereocenters. The van der Waals surface area contributed by atoms with Gasteiger partial charge in [-0.2, -0.15) is 0 Å². The summed E-state index contributed by atoms with van der Waals surface area (Å²) in [7, 11) is 2.57. The Labute approximate surface area is 306 Å². The molecule has 12 nitrogen and oxygen atoms in total. The molecule has 16 heteroatoms. The van der Waals surface area contributed by atoms with Crippen molar-refractivity contribution in [1.29, 1.82) is 0 Å². The van der Waals surface area contributed by atoms with Crippen LogP contribution in [0.5, 0.6) is 0 Å². The first-order chi connectivity index (χ1) is 21.1. The van der Waals surface area contributed by atoms with E-state index in [9.17, 15) is 18.7 Å². The van der Waals surface area contributed by atoms with Crippen molar-refractivity contribution in [3.8, 4) is 0 Å². The number of carbonyl (C=O) groups is 2. The van der Waals surface area contributed by atoms with Crippen molar-refractivity contribution in [2.45, 2.75) is 60.8 Å². The summed E-state index contributed by atoms with van der Waals surface area (Å²) in [5.74, 6) is -0.233. The second-order valence-corrected chi connectivity index (χ2v) is 15.8. The van der Waals surface area contributed by atoms with E-state index >= 15 is 0 Å². The molecule has 0 saturated heterocycles. The van der Waals surface area contributed by atoms with Gasteiger partial charge in [-0.05, 0) is 73.3 Å². The molecule has 0 heterocycles. The van der Waals surface area contributed by atoms with E-state index in [0.29, 0.717) is 45.3 Å². The van der Waals surface area contributed by atoms with Gasteiger partial charge >= 0.3 is 15.2 Å². The Morgan fingerprint density at radius 1 is 0.745 bits per heavy atom. The van der Waals surface area contributed by atoms with Gasteiger partial charge in [0.05, 0.1) is 65.9 Å². The first-order valence-corrected chi connectivity index (χ1v) is 20.3. The minimum atomic E-state index is -2.93. The normalized spacial score (nSPS) is 11.0. The summed E-state index contributed by atoms with van der Waals surface area (Å²) < 4.78 is 45.6. The maximum absolute atomic E-state index is 12.4. The number of rotatable bonds is 25. The van der Waals surface area contributed by atoms with E-state index in [1.54, 1.807) is 0 Å². The molecule has 0 fully saturated rings. The average molecular weight is 847 g/mol. The second kappa shape index (κ2) is 35.4. The molecule has 0 spiro atoms. The minimum absolute atomic E-state index is 0. The first kappa shape index (κ1) is 56.0. The molecule has 284 valence electrons. The summed E-state index contributed by atoms with van der Waals surface area (Å²) in [5, 5.41) is 6.30. The Balaban J connectivity index is -0.000000200. The van der Waals surface area contributed by atoms with Gasteiger partial charge in [-0.15, -0.1) is 0 Å². The topological polar surface area (TPSA) is 132 Å². The zero-order valence-electron chi connectivity index (χ0n) is 29.7. The number of hydrogen-bond donors (Lipinski definition) is 2. The Hall–Kier alpha value is -0.400. The summed E-state index contributed by atoms with van der Waals surface area (Å²) in [4.78, 5) is 23.7. The van der Waals surface area contributed by atoms with Crippen molar-refractivity contribution < 1.29 is 58.3 Å². The molecule has 47 heavy (non-hydrogen) atoms. The number of nitrogens with one attached hydrogen (secondary N) is 2. The van der Waals surface area contributed by atoms with Crippen LogP contribution >= 0.6 is 31.1 Å². The van der Waals surface area contributed by atoms with E-state index in [-0.39, 0.29) is 36.2 Å². The molecule has 0 aliphatic heterocycles. The number of halogens is 2. The SMILES string of the molecule is C.C=CC(=O)NCCCN(C)C.C=CC(=O)NCCC[N+](C)(C)CCCP(=O)(OCC)OCC.CCOP(=O)(CCCBr)OCC.[Br-]. The van der Waals surface area contributed by atoms with E-state index < -0.39 is 15.2 Å². The fourth-order valence-electron chi connectivity index (χ4n) is 3.65. The van der Waals surface area contributed by atoms with E-state index in [4.69, 9.17) is 18.1 Å². The summed E-state index contributed by atoms with van der Waals surface area (Å²) in [6, 6.07) is 0. The zero-order chi connectivity index (χ0) is 35.2. The van der Waals surface area contributed by atoms with Crippen LogP contribution in [0.1, 0.15) is 60.8 Å². The maximum Gasteiger partial charge on any atom is 0.330 e. The highest BCUT2D eigenvalue weighted by atomic mass is 79.9. The lowest BCUT2D eigenvalue weighted by Crippen LogP contribution is -3.00. The van der Waals surface area contributed by atoms with Crippen LogP contribution in [0.2, 0.25) is 0 Å². The fourth-order valence-corrected chi connectivity index (χ4v) is 7.67. The number of quaternary nitrogens is 1. The van der Waals surface area contributed by atoms with E-state index in [2.05, 4.69) is 58.7 Å². The monoisotopic (exact) mass is 844 g/mol. The Bertz CT molecular complexity index is 864. The van der Waals surface area contributed by atoms with Crippen LogP contribution in [0.3, 0.4) is 0 Å². The summed E-state index contributed by atoms with van der Waals surface area (Å²) in [6.07, 6.45) is 6.98. The quantitative estimate of drug-likeness (QED) is 0.0468. The van der Waals surface area contributed by atoms with Crippen molar-refractivity contribution in [1.82, 2.24) is 15.5 Å². The van der Waals surface area contributed by atoms with Crippen molar-refractivity contribution in [2.24, 2.45) is 0 Å². The molecule has 0 aliphatic rings. The predicted molar refractivity (Wildman–Crippen MR) is 197 cm³/mol. The van der Waals surface area contributed by atoms with Gasteiger partial charge in [0.25, 0.3) is 0 Å². The van der Waals surface area contributed by atoms with Crippen LogP contribution in [0.15, 0.2) is 25.3 Å². The Kier molecular flexibility index (Phi) is 42.2. The highest BCUT2D eigenvalue weighted by molar-refractivity contribution is 9.09. The standard InChI is InChI=1S/C15H31N2O4P.C8H16N2O.C7H16BrO3P.CH4.BrH/c1-6-15(18)16-11-9-12-17(4,5)13-10-14-22(19,20-7-2)21-8-3;1-4-8(11)9-6-5-7-10(2)3;1-3-10-12(9,11-4-2)7-5-6-8;;/h6H,1,7-14H2,2-5H3;4H,1,5-7H2,2-3H3,(H,9,11);3-7H2,1-2H3;1H4;1H. The lowest BCUT2D eigenvalue weighted by molar-refractivity contribution is -0.890. The van der Waals surface area contributed by atoms with Gasteiger partial charge in [-0.1, -0.05) is 36.5 Å². The molecule has 0 saturated carbocycles. The second-order valence-electron chi connectivity index (χ2n) is 10.6. The molecule has 0 aliphatic carbocycles. The molecule has 0 unspecified atom stereocenters. The van der Waals surface area contributed by atoms with Crippen LogP contribution in [-0.4, -0.2) is 126 Å². The van der Waals surface area contributed by atoms with Crippen molar-refractivity contribution >= 4 is 42.9 Å². The molecule has 0 aromatic rings. The number of alkyl halides is 1. The number of hydrogen-bond acceptors (Lipinski definition) is 9. The third-order valence-corrected chi connectivity index (χ3v) is 10.7. The molecular formula is C31H68Br2N4O8P2. The molecule has 0 rings (SSSR count). The predicted octanol–water partition coefficient (Wildman–Crippen LogP) is 3.33. The van der Waals surface area contributed by atoms with E-state index in [1.165, 1.54) is 12.2 Å². The minimum Gasteiger partial charge on any atom is -1.00 e. The van der Waals surface area contributed by atoms with Gasteiger partial charge in [0.2, 0.25) is 11.8 Å². The van der Waals surface area contributed by atoms with Gasteiger partial charge < -0.3 is 55.1 Å². The molecule has 0 radical (unpaired) electrons. The van der Waals surface area contributed by atoms with Gasteiger partial charge in [-0.25, -0.2) is 0 Å². The summed E-state index contributed by atoms with van der Waals surface area (Å²) in [6.45, 7) is 19.9. The third-order valence-electron chi connectivity index (χ3n) is 5.76. The molecule has 0 bridgehead atoms. The lowest BCUT2D eigenvalue weighted by Gasteiger charge is -2.30. The highest BCUT2D eigenvalue weighted by Gasteiger charge is 2.25. The van der Waals surface area contributed by atoms with Crippen LogP contribution in [0.25, 0.3) is 0 Å². The Morgan fingerprint density at radius 2 is 1.11 bits per heavy atom. The van der Waals surface area contributed by atoms with Crippen LogP contribution in [-0.2, 0) is 36.8 Å². The molecule has 2 N–H and O–H groups in total. The summed E-state index contributed by atoms with van der Waals surface area (Å²) >= 11 is 3.27. The molecular weight excluding hydrogens is 778 g/mol. The number of nitrogens with zero attached hydrogens (tertiary/aromatic N) is 2. The van der Waals surface area contributed by atoms with Crippen molar-refractivity contribution in [2.75, 3.05) is 105 Å². The van der Waals surface area contributed by atoms with E-state index in [1.807, 2.05) is 41.8 Å². The van der Waals surface area contributed by atoms with Crippen LogP contribution < -0.4 is 27.6 Å². The number of amides is 2. The molecule has 2 amide bonds. The lowest BCUT2D eigenvalue weighted by atomic mass is 10.3. The van der Waals surface area contributed by atoms with Gasteiger partial charge in [0.15, 0.2) is 0 Å². The van der Waals surface area contributed by atoms with E-state index in [0.717, 1.165) is 61.7 Å². The van der Waals surface area contributed by atoms with Crippen molar-refractivity contribution in [3.05, 3.63) is 25.3 Å². The Morgan fingerprint density at radius 3 is 1.45 bits per heavy atom. The average Bonchev–Trinajstić information content (AvgIpc) is 2.97. The van der Waals surface area contributed by atoms with Gasteiger partial charge in [0, 0.05) is 31.3 Å². The zero-order valence-corrected chi connectivity index (χ0v) is 34.7. The first-order valence-electron chi connectivity index (χ1n) is 15.7. The summed E-state index contributed by atoms with van der Waals surface area (Å²) in [5.41, 5.74) is 0. The fraction of sp³-hybridized carbons (Fsp3) is 0.806. The van der Waals surface area contributed by atoms with Crippen LogP contribution in [0.4, 0.5) is 0 Å². The molecule has 0 aromatic carbocycles. The smallest absolute Gasteiger partial charge is 0.330 e. The van der Waals surface area contributed by atoms with Gasteiger partial charge in [-0.3, -0.25) is 18.7 Å². The van der Waals surface area contributed by atoms with Crippen molar-refractivity contribution in [3.63, 3.8) is 0 Å². The molecule has 0 aromatic heterocycles. The maximum atomic E-state index is 12.4. The van der Waals surface area contributed by atoms with Gasteiger partial charge in [0.1, 0.15) is 0 Å². The highest BCUT2D eigenvalue weighted by Crippen LogP contribution is 2.49. The van der Waals surface area contributed by atoms with Crippen LogP contribution in [0, 0.1) is 0 Å². The largest absolute Gasteiger partial charge is 1.00 e. The number of carbonyl (C=O) groups excluding carboxylic acids is 2.